The molecule has 0 fully saturated rings. The summed E-state index contributed by atoms with van der Waals surface area (Å²) >= 11 is 0. The number of rotatable bonds is 8. The largest absolute Gasteiger partial charge is 0.388 e. The summed E-state index contributed by atoms with van der Waals surface area (Å²) in [5.41, 5.74) is 0.0534. The van der Waals surface area contributed by atoms with Crippen LogP contribution in [-0.2, 0) is 4.74 Å². The van der Waals surface area contributed by atoms with Gasteiger partial charge in [-0.25, -0.2) is 4.98 Å². The Morgan fingerprint density at radius 1 is 1.37 bits per heavy atom. The van der Waals surface area contributed by atoms with E-state index in [-0.39, 0.29) is 0 Å². The lowest BCUT2D eigenvalue weighted by Crippen LogP contribution is -2.35. The normalized spacial score (nSPS) is 13.9. The van der Waals surface area contributed by atoms with Gasteiger partial charge in [0.15, 0.2) is 0 Å². The molecule has 0 aliphatic rings. The van der Waals surface area contributed by atoms with Gasteiger partial charge in [0.05, 0.1) is 5.60 Å². The number of aryl methyl sites for hydroxylation is 1. The molecule has 0 aromatic carbocycles. The van der Waals surface area contributed by atoms with E-state index in [1.54, 1.807) is 14.0 Å². The van der Waals surface area contributed by atoms with E-state index >= 15 is 0 Å². The fraction of sp³-hybridized carbons (Fsp3) is 0.692. The van der Waals surface area contributed by atoms with Crippen LogP contribution in [0.15, 0.2) is 6.07 Å². The fourth-order valence-electron chi connectivity index (χ4n) is 1.59. The molecule has 0 amide bonds. The first-order valence-electron chi connectivity index (χ1n) is 6.51. The predicted molar refractivity (Wildman–Crippen MR) is 76.5 cm³/mol. The monoisotopic (exact) mass is 268 g/mol. The van der Waals surface area contributed by atoms with Crippen LogP contribution in [0.25, 0.3) is 0 Å². The molecule has 0 aliphatic heterocycles. The van der Waals surface area contributed by atoms with E-state index in [9.17, 15) is 5.11 Å². The molecule has 1 rings (SSSR count). The molecule has 19 heavy (non-hydrogen) atoms. The maximum atomic E-state index is 10.1. The van der Waals surface area contributed by atoms with Crippen LogP contribution in [0.1, 0.15) is 26.0 Å². The Morgan fingerprint density at radius 2 is 2.11 bits per heavy atom. The van der Waals surface area contributed by atoms with Gasteiger partial charge >= 0.3 is 0 Å². The van der Waals surface area contributed by atoms with Crippen molar-refractivity contribution in [2.45, 2.75) is 32.8 Å². The summed E-state index contributed by atoms with van der Waals surface area (Å²) in [6, 6.07) is 1.85. The molecule has 1 atom stereocenters. The molecule has 0 radical (unpaired) electrons. The zero-order valence-electron chi connectivity index (χ0n) is 12.2. The summed E-state index contributed by atoms with van der Waals surface area (Å²) < 4.78 is 4.98. The molecule has 0 bridgehead atoms. The lowest BCUT2D eigenvalue weighted by atomic mass is 10.0. The SMILES string of the molecule is CCNc1nc(C)cc(NCC(C)(O)CCOC)n1. The first kappa shape index (κ1) is 15.7. The highest BCUT2D eigenvalue weighted by Gasteiger charge is 2.19. The molecule has 6 heteroatoms. The van der Waals surface area contributed by atoms with Crippen molar-refractivity contribution >= 4 is 11.8 Å². The molecule has 1 unspecified atom stereocenters. The number of nitrogens with zero attached hydrogens (tertiary/aromatic N) is 2. The van der Waals surface area contributed by atoms with Crippen LogP contribution < -0.4 is 10.6 Å². The van der Waals surface area contributed by atoms with Gasteiger partial charge in [-0.05, 0) is 20.8 Å². The quantitative estimate of drug-likeness (QED) is 0.661. The van der Waals surface area contributed by atoms with Gasteiger partial charge in [0.25, 0.3) is 0 Å². The topological polar surface area (TPSA) is 79.3 Å². The van der Waals surface area contributed by atoms with Gasteiger partial charge in [-0.3, -0.25) is 0 Å². The molecular weight excluding hydrogens is 244 g/mol. The van der Waals surface area contributed by atoms with E-state index in [0.29, 0.717) is 31.3 Å². The molecule has 0 spiro atoms. The lowest BCUT2D eigenvalue weighted by molar-refractivity contribution is 0.0357. The molecule has 3 N–H and O–H groups in total. The van der Waals surface area contributed by atoms with E-state index < -0.39 is 5.60 Å². The first-order chi connectivity index (χ1) is 8.96. The number of anilines is 2. The summed E-state index contributed by atoms with van der Waals surface area (Å²) in [6.45, 7) is 7.40. The van der Waals surface area contributed by atoms with E-state index in [2.05, 4.69) is 20.6 Å². The predicted octanol–water partition coefficient (Wildman–Crippen LogP) is 1.42. The van der Waals surface area contributed by atoms with Gasteiger partial charge in [0, 0.05) is 45.0 Å². The van der Waals surface area contributed by atoms with Crippen molar-refractivity contribution in [3.63, 3.8) is 0 Å². The maximum Gasteiger partial charge on any atom is 0.224 e. The molecule has 1 aromatic rings. The van der Waals surface area contributed by atoms with Gasteiger partial charge < -0.3 is 20.5 Å². The summed E-state index contributed by atoms with van der Waals surface area (Å²) in [4.78, 5) is 8.60. The molecule has 1 heterocycles. The summed E-state index contributed by atoms with van der Waals surface area (Å²) in [5, 5.41) is 16.4. The number of methoxy groups -OCH3 is 1. The average Bonchev–Trinajstić information content (AvgIpc) is 2.34. The summed E-state index contributed by atoms with van der Waals surface area (Å²) in [7, 11) is 1.62. The van der Waals surface area contributed by atoms with Crippen molar-refractivity contribution in [2.24, 2.45) is 0 Å². The van der Waals surface area contributed by atoms with Crippen LogP contribution in [0.4, 0.5) is 11.8 Å². The zero-order chi connectivity index (χ0) is 14.3. The van der Waals surface area contributed by atoms with Crippen molar-refractivity contribution in [1.29, 1.82) is 0 Å². The van der Waals surface area contributed by atoms with E-state index in [4.69, 9.17) is 4.74 Å². The van der Waals surface area contributed by atoms with Crippen LogP contribution in [0, 0.1) is 6.92 Å². The third-order valence-electron chi connectivity index (χ3n) is 2.68. The molecular formula is C13H24N4O2. The van der Waals surface area contributed by atoms with Gasteiger partial charge in [-0.2, -0.15) is 4.98 Å². The Kier molecular flexibility index (Phi) is 5.98. The van der Waals surface area contributed by atoms with Crippen LogP contribution >= 0.6 is 0 Å². The molecule has 0 saturated heterocycles. The summed E-state index contributed by atoms with van der Waals surface area (Å²) in [5.74, 6) is 1.31. The van der Waals surface area contributed by atoms with Crippen LogP contribution in [0.2, 0.25) is 0 Å². The fourth-order valence-corrected chi connectivity index (χ4v) is 1.59. The number of aliphatic hydroxyl groups is 1. The van der Waals surface area contributed by atoms with Crippen LogP contribution in [0.3, 0.4) is 0 Å². The number of hydrogen-bond acceptors (Lipinski definition) is 6. The van der Waals surface area contributed by atoms with Gasteiger partial charge in [0.1, 0.15) is 5.82 Å². The lowest BCUT2D eigenvalue weighted by Gasteiger charge is -2.23. The standard InChI is InChI=1S/C13H24N4O2/c1-5-14-12-16-10(2)8-11(17-12)15-9-13(3,18)6-7-19-4/h8,18H,5-7,9H2,1-4H3,(H2,14,15,16,17). The third-order valence-corrected chi connectivity index (χ3v) is 2.68. The zero-order valence-corrected chi connectivity index (χ0v) is 12.2. The smallest absolute Gasteiger partial charge is 0.224 e. The Bertz CT molecular complexity index is 396. The van der Waals surface area contributed by atoms with Crippen molar-refractivity contribution in [3.05, 3.63) is 11.8 Å². The number of nitrogens with one attached hydrogen (secondary N) is 2. The van der Waals surface area contributed by atoms with E-state index in [1.165, 1.54) is 0 Å². The Hall–Kier alpha value is -1.40. The van der Waals surface area contributed by atoms with Gasteiger partial charge in [-0.15, -0.1) is 0 Å². The second kappa shape index (κ2) is 7.25. The van der Waals surface area contributed by atoms with Crippen molar-refractivity contribution in [3.8, 4) is 0 Å². The van der Waals surface area contributed by atoms with Gasteiger partial charge in [0.2, 0.25) is 5.95 Å². The molecule has 6 nitrogen and oxygen atoms in total. The highest BCUT2D eigenvalue weighted by molar-refractivity contribution is 5.42. The second-order valence-corrected chi connectivity index (χ2v) is 4.84. The summed E-state index contributed by atoms with van der Waals surface area (Å²) in [6.07, 6.45) is 0.570. The highest BCUT2D eigenvalue weighted by Crippen LogP contribution is 2.13. The van der Waals surface area contributed by atoms with E-state index in [1.807, 2.05) is 19.9 Å². The molecule has 1 aromatic heterocycles. The minimum Gasteiger partial charge on any atom is -0.388 e. The average molecular weight is 268 g/mol. The van der Waals surface area contributed by atoms with Crippen molar-refractivity contribution < 1.29 is 9.84 Å². The molecule has 108 valence electrons. The Morgan fingerprint density at radius 3 is 2.74 bits per heavy atom. The van der Waals surface area contributed by atoms with E-state index in [0.717, 1.165) is 12.2 Å². The highest BCUT2D eigenvalue weighted by atomic mass is 16.5. The van der Waals surface area contributed by atoms with Crippen LogP contribution in [0.5, 0.6) is 0 Å². The van der Waals surface area contributed by atoms with Gasteiger partial charge in [-0.1, -0.05) is 0 Å². The number of hydrogen-bond donors (Lipinski definition) is 3. The molecule has 0 aliphatic carbocycles. The van der Waals surface area contributed by atoms with Crippen molar-refractivity contribution in [1.82, 2.24) is 9.97 Å². The minimum absolute atomic E-state index is 0.415. The van der Waals surface area contributed by atoms with Crippen LogP contribution in [-0.4, -0.2) is 47.5 Å². The van der Waals surface area contributed by atoms with Crippen molar-refractivity contribution in [2.75, 3.05) is 37.4 Å². The minimum atomic E-state index is -0.826. The molecule has 0 saturated carbocycles. The Balaban J connectivity index is 2.61. The third kappa shape index (κ3) is 5.85. The first-order valence-corrected chi connectivity index (χ1v) is 6.51. The maximum absolute atomic E-state index is 10.1. The number of ether oxygens (including phenoxy) is 1. The Labute approximate surface area is 114 Å². The second-order valence-electron chi connectivity index (χ2n) is 4.84. The number of aromatic nitrogens is 2.